The van der Waals surface area contributed by atoms with E-state index in [1.54, 1.807) is 0 Å². The van der Waals surface area contributed by atoms with Crippen LogP contribution in [0.4, 0.5) is 35.1 Å². The minimum Gasteiger partial charge on any atom is -0.477 e. The number of rotatable bonds is 5. The van der Waals surface area contributed by atoms with Crippen molar-refractivity contribution >= 4 is 11.8 Å². The maximum Gasteiger partial charge on any atom is 0.411 e. The molecular formula is C11H4F8O3. The number of ketones is 1. The van der Waals surface area contributed by atoms with Crippen LogP contribution in [-0.4, -0.2) is 34.6 Å². The summed E-state index contributed by atoms with van der Waals surface area (Å²) in [5.74, 6) is -29.1. The molecule has 22 heavy (non-hydrogen) atoms. The quantitative estimate of drug-likeness (QED) is 0.664. The van der Waals surface area contributed by atoms with Crippen LogP contribution in [0.25, 0.3) is 0 Å². The third kappa shape index (κ3) is 2.50. The first-order chi connectivity index (χ1) is 9.76. The Morgan fingerprint density at radius 1 is 0.864 bits per heavy atom. The van der Waals surface area contributed by atoms with Crippen molar-refractivity contribution in [1.29, 1.82) is 0 Å². The molecule has 0 amide bonds. The van der Waals surface area contributed by atoms with Crippen molar-refractivity contribution in [3.8, 4) is 0 Å². The van der Waals surface area contributed by atoms with Gasteiger partial charge in [0.15, 0.2) is 11.6 Å². The lowest BCUT2D eigenvalue weighted by molar-refractivity contribution is -0.285. The molecule has 0 aliphatic heterocycles. The molecule has 0 bridgehead atoms. The van der Waals surface area contributed by atoms with Gasteiger partial charge in [0, 0.05) is 5.56 Å². The zero-order valence-electron chi connectivity index (χ0n) is 10.0. The normalized spacial score (nSPS) is 13.1. The van der Waals surface area contributed by atoms with Crippen molar-refractivity contribution in [3.63, 3.8) is 0 Å². The van der Waals surface area contributed by atoms with Crippen molar-refractivity contribution in [3.05, 3.63) is 35.4 Å². The van der Waals surface area contributed by atoms with E-state index >= 15 is 0 Å². The van der Waals surface area contributed by atoms with E-state index in [-0.39, 0.29) is 18.2 Å². The van der Waals surface area contributed by atoms with E-state index in [2.05, 4.69) is 0 Å². The van der Waals surface area contributed by atoms with Crippen LogP contribution >= 0.6 is 0 Å². The van der Waals surface area contributed by atoms with Crippen molar-refractivity contribution in [1.82, 2.24) is 0 Å². The maximum atomic E-state index is 13.3. The first-order valence-corrected chi connectivity index (χ1v) is 5.13. The second kappa shape index (κ2) is 5.21. The van der Waals surface area contributed by atoms with E-state index in [4.69, 9.17) is 5.11 Å². The Kier molecular flexibility index (Phi) is 4.23. The highest BCUT2D eigenvalue weighted by molar-refractivity contribution is 6.02. The van der Waals surface area contributed by atoms with Gasteiger partial charge in [-0.15, -0.1) is 0 Å². The molecule has 1 rings (SSSR count). The second-order valence-corrected chi connectivity index (χ2v) is 3.99. The zero-order chi connectivity index (χ0) is 17.5. The first-order valence-electron chi connectivity index (χ1n) is 5.13. The number of alkyl halides is 6. The molecule has 0 aromatic heterocycles. The monoisotopic (exact) mass is 336 g/mol. The summed E-state index contributed by atoms with van der Waals surface area (Å²) >= 11 is 0. The van der Waals surface area contributed by atoms with E-state index in [1.807, 2.05) is 0 Å². The van der Waals surface area contributed by atoms with Crippen LogP contribution in [-0.2, 0) is 4.79 Å². The maximum absolute atomic E-state index is 13.3. The second-order valence-electron chi connectivity index (χ2n) is 3.99. The van der Waals surface area contributed by atoms with Crippen LogP contribution in [0, 0.1) is 11.6 Å². The number of hydrogen-bond donors (Lipinski definition) is 1. The fraction of sp³-hybridized carbons (Fsp3) is 0.273. The van der Waals surface area contributed by atoms with Crippen LogP contribution in [0.5, 0.6) is 0 Å². The van der Waals surface area contributed by atoms with Crippen molar-refractivity contribution in [2.45, 2.75) is 17.8 Å². The molecule has 1 N–H and O–H groups in total. The first kappa shape index (κ1) is 17.9. The lowest BCUT2D eigenvalue weighted by Crippen LogP contribution is -2.60. The van der Waals surface area contributed by atoms with Gasteiger partial charge in [-0.05, 0) is 18.2 Å². The summed E-state index contributed by atoms with van der Waals surface area (Å²) in [6, 6.07) is 0.0797. The highest BCUT2D eigenvalue weighted by Crippen LogP contribution is 2.47. The lowest BCUT2D eigenvalue weighted by Gasteiger charge is -2.29. The molecular weight excluding hydrogens is 332 g/mol. The molecule has 0 saturated carbocycles. The average molecular weight is 336 g/mol. The third-order valence-electron chi connectivity index (χ3n) is 2.52. The Morgan fingerprint density at radius 3 is 1.77 bits per heavy atom. The molecule has 0 unspecified atom stereocenters. The van der Waals surface area contributed by atoms with Gasteiger partial charge in [0.2, 0.25) is 5.78 Å². The minimum atomic E-state index is -6.60. The summed E-state index contributed by atoms with van der Waals surface area (Å²) in [5, 5.41) is 7.89. The smallest absolute Gasteiger partial charge is 0.411 e. The van der Waals surface area contributed by atoms with Gasteiger partial charge in [0.25, 0.3) is 0 Å². The Morgan fingerprint density at radius 2 is 1.36 bits per heavy atom. The van der Waals surface area contributed by atoms with Gasteiger partial charge in [-0.3, -0.25) is 4.79 Å². The molecule has 0 radical (unpaired) electrons. The van der Waals surface area contributed by atoms with Crippen LogP contribution in [0.3, 0.4) is 0 Å². The number of carboxylic acid groups (broad SMARTS) is 1. The number of carbonyl (C=O) groups excluding carboxylic acids is 1. The Hall–Kier alpha value is -2.20. The van der Waals surface area contributed by atoms with E-state index in [0.717, 1.165) is 0 Å². The molecule has 11 heteroatoms. The van der Waals surface area contributed by atoms with Crippen molar-refractivity contribution in [2.75, 3.05) is 0 Å². The minimum absolute atomic E-state index is 0.131. The van der Waals surface area contributed by atoms with Gasteiger partial charge in [0.05, 0.1) is 0 Å². The van der Waals surface area contributed by atoms with Crippen LogP contribution < -0.4 is 0 Å². The van der Waals surface area contributed by atoms with Gasteiger partial charge in [-0.1, -0.05) is 0 Å². The Bertz CT molecular complexity index is 626. The number of hydrogen-bond acceptors (Lipinski definition) is 2. The van der Waals surface area contributed by atoms with Crippen LogP contribution in [0.2, 0.25) is 0 Å². The molecule has 0 aliphatic carbocycles. The van der Waals surface area contributed by atoms with Crippen molar-refractivity contribution < 1.29 is 49.8 Å². The molecule has 1 aromatic rings. The molecule has 0 atom stereocenters. The molecule has 1 aromatic carbocycles. The molecule has 0 aliphatic rings. The molecule has 0 fully saturated rings. The highest BCUT2D eigenvalue weighted by Gasteiger charge is 2.78. The third-order valence-corrected chi connectivity index (χ3v) is 2.52. The largest absolute Gasteiger partial charge is 0.477 e. The topological polar surface area (TPSA) is 54.4 Å². The zero-order valence-corrected chi connectivity index (χ0v) is 10.0. The molecule has 3 nitrogen and oxygen atoms in total. The summed E-state index contributed by atoms with van der Waals surface area (Å²) in [7, 11) is 0. The van der Waals surface area contributed by atoms with Gasteiger partial charge in [-0.25, -0.2) is 13.6 Å². The van der Waals surface area contributed by atoms with E-state index in [9.17, 15) is 44.7 Å². The highest BCUT2D eigenvalue weighted by atomic mass is 19.3. The van der Waals surface area contributed by atoms with E-state index < -0.39 is 46.7 Å². The number of carboxylic acids is 1. The molecule has 0 saturated heterocycles. The standard InChI is InChI=1S/C11H4F8O3/c12-5-2-1-4(3-6(5)13)7(20)9(14,15)11(18,19)10(16,17)8(21)22/h1-3H,(H,21,22). The van der Waals surface area contributed by atoms with Gasteiger partial charge in [0.1, 0.15) is 0 Å². The van der Waals surface area contributed by atoms with Crippen molar-refractivity contribution in [2.24, 2.45) is 0 Å². The van der Waals surface area contributed by atoms with Gasteiger partial charge in [-0.2, -0.15) is 26.3 Å². The number of benzene rings is 1. The summed E-state index contributed by atoms with van der Waals surface area (Å²) in [5.41, 5.74) is -1.54. The number of aliphatic carboxylic acids is 1. The van der Waals surface area contributed by atoms with E-state index in [0.29, 0.717) is 0 Å². The molecule has 0 heterocycles. The average Bonchev–Trinajstić information content (AvgIpc) is 2.40. The van der Waals surface area contributed by atoms with Crippen LogP contribution in [0.1, 0.15) is 10.4 Å². The molecule has 0 spiro atoms. The fourth-order valence-corrected chi connectivity index (χ4v) is 1.29. The lowest BCUT2D eigenvalue weighted by atomic mass is 9.96. The van der Waals surface area contributed by atoms with E-state index in [1.165, 1.54) is 0 Å². The number of carbonyl (C=O) groups is 2. The summed E-state index contributed by atoms with van der Waals surface area (Å²) < 4.78 is 104. The molecule has 122 valence electrons. The number of halogens is 8. The van der Waals surface area contributed by atoms with Gasteiger partial charge >= 0.3 is 23.7 Å². The predicted molar refractivity (Wildman–Crippen MR) is 53.2 cm³/mol. The Balaban J connectivity index is 3.35. The van der Waals surface area contributed by atoms with Crippen LogP contribution in [0.15, 0.2) is 18.2 Å². The van der Waals surface area contributed by atoms with Gasteiger partial charge < -0.3 is 5.11 Å². The summed E-state index contributed by atoms with van der Waals surface area (Å²) in [4.78, 5) is 21.2. The fourth-order valence-electron chi connectivity index (χ4n) is 1.29. The summed E-state index contributed by atoms with van der Waals surface area (Å²) in [6.07, 6.45) is 0. The number of Topliss-reactive ketones (excluding diaryl/α,β-unsaturated/α-hetero) is 1. The summed E-state index contributed by atoms with van der Waals surface area (Å²) in [6.45, 7) is 0. The predicted octanol–water partition coefficient (Wildman–Crippen LogP) is 3.14. The Labute approximate surface area is 116 Å². The SMILES string of the molecule is O=C(O)C(F)(F)C(F)(F)C(F)(F)C(=O)c1ccc(F)c(F)c1.